The lowest BCUT2D eigenvalue weighted by Gasteiger charge is -2.27. The van der Waals surface area contributed by atoms with Gasteiger partial charge in [-0.15, -0.1) is 0 Å². The number of hydrogen-bond acceptors (Lipinski definition) is 4. The number of hydrogen-bond donors (Lipinski definition) is 1. The number of likely N-dealkylation sites (N-methyl/N-ethyl adjacent to an activating group) is 1. The summed E-state index contributed by atoms with van der Waals surface area (Å²) in [7, 11) is 2.18. The van der Waals surface area contributed by atoms with Crippen LogP contribution in [-0.2, 0) is 4.74 Å². The summed E-state index contributed by atoms with van der Waals surface area (Å²) in [4.78, 5) is 2.39. The van der Waals surface area contributed by atoms with Crippen LogP contribution in [0.4, 0.5) is 0 Å². The summed E-state index contributed by atoms with van der Waals surface area (Å²) in [6, 6.07) is 3.70. The van der Waals surface area contributed by atoms with E-state index in [1.165, 1.54) is 25.7 Å². The summed E-state index contributed by atoms with van der Waals surface area (Å²) >= 11 is 0. The van der Waals surface area contributed by atoms with Crippen molar-refractivity contribution in [2.45, 2.75) is 62.6 Å². The topological polar surface area (TPSA) is 48.3 Å². The van der Waals surface area contributed by atoms with Gasteiger partial charge in [0, 0.05) is 25.2 Å². The molecule has 112 valence electrons. The SMILES string of the molecule is CN(CCOCC1CC1)C1CCC(C#N)(NC2CC2)C1. The van der Waals surface area contributed by atoms with Crippen molar-refractivity contribution in [3.05, 3.63) is 0 Å². The van der Waals surface area contributed by atoms with Crippen LogP contribution < -0.4 is 5.32 Å². The summed E-state index contributed by atoms with van der Waals surface area (Å²) in [5, 5.41) is 13.1. The molecule has 2 atom stereocenters. The summed E-state index contributed by atoms with van der Waals surface area (Å²) in [5.41, 5.74) is -0.255. The Morgan fingerprint density at radius 1 is 1.30 bits per heavy atom. The second-order valence-corrected chi connectivity index (χ2v) is 7.01. The Balaban J connectivity index is 1.39. The minimum Gasteiger partial charge on any atom is -0.380 e. The Bertz CT molecular complexity index is 372. The minimum atomic E-state index is -0.255. The number of nitriles is 1. The maximum atomic E-state index is 9.52. The summed E-state index contributed by atoms with van der Waals surface area (Å²) in [5.74, 6) is 0.848. The third kappa shape index (κ3) is 3.72. The molecular weight excluding hydrogens is 250 g/mol. The Morgan fingerprint density at radius 3 is 2.75 bits per heavy atom. The van der Waals surface area contributed by atoms with Gasteiger partial charge in [-0.2, -0.15) is 5.26 Å². The molecule has 20 heavy (non-hydrogen) atoms. The Labute approximate surface area is 122 Å². The molecule has 0 aromatic rings. The van der Waals surface area contributed by atoms with Crippen molar-refractivity contribution in [1.82, 2.24) is 10.2 Å². The summed E-state index contributed by atoms with van der Waals surface area (Å²) in [6.07, 6.45) is 8.31. The maximum absolute atomic E-state index is 9.52. The average Bonchev–Trinajstić information content (AvgIpc) is 3.36. The highest BCUT2D eigenvalue weighted by atomic mass is 16.5. The molecule has 0 spiro atoms. The first kappa shape index (κ1) is 14.3. The third-order valence-electron chi connectivity index (χ3n) is 5.02. The molecule has 0 aliphatic heterocycles. The van der Waals surface area contributed by atoms with Crippen LogP contribution in [0, 0.1) is 17.2 Å². The minimum absolute atomic E-state index is 0.255. The lowest BCUT2D eigenvalue weighted by molar-refractivity contribution is 0.0911. The van der Waals surface area contributed by atoms with Crippen molar-refractivity contribution >= 4 is 0 Å². The van der Waals surface area contributed by atoms with Crippen LogP contribution in [0.15, 0.2) is 0 Å². The molecule has 3 aliphatic carbocycles. The van der Waals surface area contributed by atoms with Crippen LogP contribution >= 0.6 is 0 Å². The number of ether oxygens (including phenoxy) is 1. The fraction of sp³-hybridized carbons (Fsp3) is 0.938. The zero-order chi connectivity index (χ0) is 14.0. The van der Waals surface area contributed by atoms with E-state index in [-0.39, 0.29) is 5.54 Å². The number of rotatable bonds is 8. The van der Waals surface area contributed by atoms with Gasteiger partial charge in [0.25, 0.3) is 0 Å². The van der Waals surface area contributed by atoms with Crippen molar-refractivity contribution in [3.8, 4) is 6.07 Å². The van der Waals surface area contributed by atoms with E-state index in [1.807, 2.05) is 0 Å². The second kappa shape index (κ2) is 6.01. The van der Waals surface area contributed by atoms with Crippen LogP contribution in [0.25, 0.3) is 0 Å². The van der Waals surface area contributed by atoms with E-state index in [0.29, 0.717) is 12.1 Å². The van der Waals surface area contributed by atoms with Gasteiger partial charge in [-0.05, 0) is 57.9 Å². The molecule has 0 heterocycles. The maximum Gasteiger partial charge on any atom is 0.108 e. The molecule has 0 amide bonds. The van der Waals surface area contributed by atoms with E-state index in [1.54, 1.807) is 0 Å². The smallest absolute Gasteiger partial charge is 0.108 e. The summed E-state index contributed by atoms with van der Waals surface area (Å²) in [6.45, 7) is 2.77. The predicted octanol–water partition coefficient (Wildman–Crippen LogP) is 1.91. The fourth-order valence-corrected chi connectivity index (χ4v) is 3.20. The van der Waals surface area contributed by atoms with Crippen molar-refractivity contribution in [1.29, 1.82) is 5.26 Å². The van der Waals surface area contributed by atoms with E-state index in [4.69, 9.17) is 4.74 Å². The molecule has 3 fully saturated rings. The zero-order valence-electron chi connectivity index (χ0n) is 12.6. The molecule has 3 saturated carbocycles. The fourth-order valence-electron chi connectivity index (χ4n) is 3.20. The third-order valence-corrected chi connectivity index (χ3v) is 5.02. The molecule has 1 N–H and O–H groups in total. The van der Waals surface area contributed by atoms with Gasteiger partial charge >= 0.3 is 0 Å². The molecule has 2 unspecified atom stereocenters. The number of nitrogens with one attached hydrogen (secondary N) is 1. The van der Waals surface area contributed by atoms with E-state index in [0.717, 1.165) is 44.9 Å². The second-order valence-electron chi connectivity index (χ2n) is 7.01. The van der Waals surface area contributed by atoms with Crippen LogP contribution in [0.3, 0.4) is 0 Å². The molecule has 4 heteroatoms. The van der Waals surface area contributed by atoms with Gasteiger partial charge in [-0.3, -0.25) is 5.32 Å². The first-order chi connectivity index (χ1) is 9.71. The van der Waals surface area contributed by atoms with Crippen molar-refractivity contribution in [3.63, 3.8) is 0 Å². The van der Waals surface area contributed by atoms with Crippen LogP contribution in [-0.4, -0.2) is 49.3 Å². The molecule has 0 aromatic heterocycles. The van der Waals surface area contributed by atoms with E-state index >= 15 is 0 Å². The standard InChI is InChI=1S/C16H27N3O/c1-19(8-9-20-11-13-2-3-13)15-6-7-16(10-15,12-17)18-14-4-5-14/h13-15,18H,2-11H2,1H3. The average molecular weight is 277 g/mol. The number of nitrogens with zero attached hydrogens (tertiary/aromatic N) is 2. The first-order valence-electron chi connectivity index (χ1n) is 8.18. The Hall–Kier alpha value is -0.630. The normalized spacial score (nSPS) is 33.5. The monoisotopic (exact) mass is 277 g/mol. The van der Waals surface area contributed by atoms with E-state index in [9.17, 15) is 5.26 Å². The molecule has 0 bridgehead atoms. The van der Waals surface area contributed by atoms with Gasteiger partial charge in [-0.25, -0.2) is 0 Å². The Morgan fingerprint density at radius 2 is 2.10 bits per heavy atom. The highest BCUT2D eigenvalue weighted by Crippen LogP contribution is 2.35. The van der Waals surface area contributed by atoms with E-state index in [2.05, 4.69) is 23.3 Å². The predicted molar refractivity (Wildman–Crippen MR) is 78.3 cm³/mol. The van der Waals surface area contributed by atoms with Gasteiger partial charge in [-0.1, -0.05) is 0 Å². The van der Waals surface area contributed by atoms with Crippen LogP contribution in [0.1, 0.15) is 44.9 Å². The molecule has 0 radical (unpaired) electrons. The molecule has 0 saturated heterocycles. The molecule has 3 rings (SSSR count). The molecule has 3 aliphatic rings. The van der Waals surface area contributed by atoms with Crippen LogP contribution in [0.2, 0.25) is 0 Å². The first-order valence-corrected chi connectivity index (χ1v) is 8.18. The van der Waals surface area contributed by atoms with Gasteiger partial charge in [0.15, 0.2) is 0 Å². The summed E-state index contributed by atoms with van der Waals surface area (Å²) < 4.78 is 5.72. The van der Waals surface area contributed by atoms with Crippen molar-refractivity contribution in [2.24, 2.45) is 5.92 Å². The quantitative estimate of drug-likeness (QED) is 0.689. The van der Waals surface area contributed by atoms with Gasteiger partial charge in [0.2, 0.25) is 0 Å². The van der Waals surface area contributed by atoms with Gasteiger partial charge in [0.1, 0.15) is 5.54 Å². The Kier molecular flexibility index (Phi) is 4.30. The largest absolute Gasteiger partial charge is 0.380 e. The zero-order valence-corrected chi connectivity index (χ0v) is 12.6. The highest BCUT2D eigenvalue weighted by Gasteiger charge is 2.43. The molecule has 0 aromatic carbocycles. The van der Waals surface area contributed by atoms with Crippen molar-refractivity contribution < 1.29 is 4.74 Å². The van der Waals surface area contributed by atoms with E-state index < -0.39 is 0 Å². The molecular formula is C16H27N3O. The highest BCUT2D eigenvalue weighted by molar-refractivity contribution is 5.15. The van der Waals surface area contributed by atoms with Gasteiger partial charge in [0.05, 0.1) is 12.7 Å². The lowest BCUT2D eigenvalue weighted by atomic mass is 9.99. The van der Waals surface area contributed by atoms with Gasteiger partial charge < -0.3 is 9.64 Å². The lowest BCUT2D eigenvalue weighted by Crippen LogP contribution is -2.45. The van der Waals surface area contributed by atoms with Crippen molar-refractivity contribution in [2.75, 3.05) is 26.8 Å². The van der Waals surface area contributed by atoms with Crippen LogP contribution in [0.5, 0.6) is 0 Å². The molecule has 4 nitrogen and oxygen atoms in total.